The predicted molar refractivity (Wildman–Crippen MR) is 192 cm³/mol. The second-order valence-electron chi connectivity index (χ2n) is 11.7. The largest absolute Gasteiger partial charge is 0.454 e. The van der Waals surface area contributed by atoms with Crippen LogP contribution in [0.4, 0.5) is 17.1 Å². The first-order chi connectivity index (χ1) is 22.8. The highest BCUT2D eigenvalue weighted by atomic mass is 16.3. The molecule has 46 heavy (non-hydrogen) atoms. The summed E-state index contributed by atoms with van der Waals surface area (Å²) >= 11 is 0. The fourth-order valence-electron chi connectivity index (χ4n) is 6.55. The van der Waals surface area contributed by atoms with Crippen LogP contribution in [0.2, 0.25) is 0 Å². The van der Waals surface area contributed by atoms with Crippen molar-refractivity contribution in [2.75, 3.05) is 4.90 Å². The van der Waals surface area contributed by atoms with Crippen LogP contribution >= 0.6 is 0 Å². The molecule has 0 saturated carbocycles. The van der Waals surface area contributed by atoms with Crippen molar-refractivity contribution in [3.8, 4) is 22.3 Å². The van der Waals surface area contributed by atoms with E-state index >= 15 is 0 Å². The van der Waals surface area contributed by atoms with Crippen LogP contribution in [0.3, 0.4) is 0 Å². The van der Waals surface area contributed by atoms with E-state index in [1.54, 1.807) is 0 Å². The number of hydrogen-bond donors (Lipinski definition) is 0. The zero-order valence-electron chi connectivity index (χ0n) is 25.0. The van der Waals surface area contributed by atoms with Crippen LogP contribution in [-0.4, -0.2) is 4.98 Å². The minimum absolute atomic E-state index is 0.799. The van der Waals surface area contributed by atoms with Gasteiger partial charge in [0, 0.05) is 34.0 Å². The van der Waals surface area contributed by atoms with Gasteiger partial charge >= 0.3 is 0 Å². The number of aromatic nitrogens is 1. The van der Waals surface area contributed by atoms with Gasteiger partial charge in [-0.3, -0.25) is 4.98 Å². The normalized spacial score (nSPS) is 11.5. The number of fused-ring (bicyclic) bond motifs is 6. The maximum absolute atomic E-state index is 6.39. The molecule has 0 amide bonds. The molecule has 0 radical (unpaired) electrons. The molecule has 2 aromatic heterocycles. The highest BCUT2D eigenvalue weighted by Gasteiger charge is 2.17. The van der Waals surface area contributed by atoms with Gasteiger partial charge in [-0.1, -0.05) is 103 Å². The summed E-state index contributed by atoms with van der Waals surface area (Å²) in [6.45, 7) is 0. The first-order valence-electron chi connectivity index (χ1n) is 15.5. The molecule has 0 spiro atoms. The number of furan rings is 1. The van der Waals surface area contributed by atoms with Crippen molar-refractivity contribution in [2.24, 2.45) is 0 Å². The summed E-state index contributed by atoms with van der Waals surface area (Å²) in [5.74, 6) is 0. The summed E-state index contributed by atoms with van der Waals surface area (Å²) in [6, 6.07) is 58.1. The molecular weight excluding hydrogens is 560 g/mol. The lowest BCUT2D eigenvalue weighted by atomic mass is 10.0. The van der Waals surface area contributed by atoms with Crippen LogP contribution in [0, 0.1) is 0 Å². The molecular formula is C43H28N2O. The van der Waals surface area contributed by atoms with Gasteiger partial charge in [0.2, 0.25) is 0 Å². The third kappa shape index (κ3) is 4.49. The predicted octanol–water partition coefficient (Wildman–Crippen LogP) is 12.1. The first-order valence-corrected chi connectivity index (χ1v) is 15.5. The van der Waals surface area contributed by atoms with Gasteiger partial charge < -0.3 is 9.32 Å². The van der Waals surface area contributed by atoms with Crippen LogP contribution in [0.1, 0.15) is 0 Å². The van der Waals surface area contributed by atoms with Gasteiger partial charge in [-0.2, -0.15) is 0 Å². The van der Waals surface area contributed by atoms with Crippen molar-refractivity contribution in [1.82, 2.24) is 4.98 Å². The fraction of sp³-hybridized carbons (Fsp3) is 0. The molecule has 3 heteroatoms. The second-order valence-corrected chi connectivity index (χ2v) is 11.7. The molecule has 0 aliphatic rings. The molecule has 0 atom stereocenters. The molecule has 2 heterocycles. The maximum atomic E-state index is 6.39. The van der Waals surface area contributed by atoms with Crippen LogP contribution in [-0.2, 0) is 0 Å². The molecule has 7 aromatic carbocycles. The van der Waals surface area contributed by atoms with E-state index in [-0.39, 0.29) is 0 Å². The van der Waals surface area contributed by atoms with Gasteiger partial charge in [0.05, 0.1) is 0 Å². The molecule has 0 saturated heterocycles. The SMILES string of the molecule is c1ccc(-c2ccc(N(c3ccc(-c4ccc5ccccc5c4)cc3)c3ccc4ccc5c6ncccc6oc5c4c3)cc2)cc1. The summed E-state index contributed by atoms with van der Waals surface area (Å²) < 4.78 is 6.39. The van der Waals surface area contributed by atoms with E-state index in [9.17, 15) is 0 Å². The molecule has 0 unspecified atom stereocenters. The maximum Gasteiger partial charge on any atom is 0.153 e. The minimum atomic E-state index is 0.799. The number of anilines is 3. The Morgan fingerprint density at radius 3 is 1.80 bits per heavy atom. The smallest absolute Gasteiger partial charge is 0.153 e. The van der Waals surface area contributed by atoms with E-state index in [1.807, 2.05) is 18.3 Å². The van der Waals surface area contributed by atoms with Crippen molar-refractivity contribution in [1.29, 1.82) is 0 Å². The molecule has 9 aromatic rings. The van der Waals surface area contributed by atoms with E-state index < -0.39 is 0 Å². The van der Waals surface area contributed by atoms with Crippen molar-refractivity contribution in [3.63, 3.8) is 0 Å². The summed E-state index contributed by atoms with van der Waals surface area (Å²) in [4.78, 5) is 6.93. The number of benzene rings is 7. The summed E-state index contributed by atoms with van der Waals surface area (Å²) in [5, 5.41) is 5.71. The Morgan fingerprint density at radius 1 is 0.413 bits per heavy atom. The Labute approximate surface area is 266 Å². The van der Waals surface area contributed by atoms with Crippen LogP contribution in [0.5, 0.6) is 0 Å². The Balaban J connectivity index is 1.18. The Hall–Kier alpha value is -6.19. The highest BCUT2D eigenvalue weighted by Crippen LogP contribution is 2.40. The number of hydrogen-bond acceptors (Lipinski definition) is 3. The number of pyridine rings is 1. The Bertz CT molecular complexity index is 2510. The lowest BCUT2D eigenvalue weighted by Gasteiger charge is -2.26. The van der Waals surface area contributed by atoms with E-state index in [0.717, 1.165) is 49.9 Å². The molecule has 0 aliphatic carbocycles. The van der Waals surface area contributed by atoms with Crippen molar-refractivity contribution >= 4 is 60.7 Å². The number of rotatable bonds is 5. The van der Waals surface area contributed by atoms with Crippen molar-refractivity contribution in [2.45, 2.75) is 0 Å². The quantitative estimate of drug-likeness (QED) is 0.200. The molecule has 0 aliphatic heterocycles. The van der Waals surface area contributed by atoms with E-state index in [4.69, 9.17) is 4.42 Å². The van der Waals surface area contributed by atoms with Gasteiger partial charge in [-0.05, 0) is 99.1 Å². The Morgan fingerprint density at radius 2 is 1.02 bits per heavy atom. The molecule has 3 nitrogen and oxygen atoms in total. The molecule has 0 bridgehead atoms. The summed E-state index contributed by atoms with van der Waals surface area (Å²) in [7, 11) is 0. The first kappa shape index (κ1) is 26.2. The van der Waals surface area contributed by atoms with Gasteiger partial charge in [0.1, 0.15) is 11.1 Å². The average Bonchev–Trinajstić information content (AvgIpc) is 3.52. The zero-order valence-corrected chi connectivity index (χ0v) is 25.0. The van der Waals surface area contributed by atoms with Crippen LogP contribution in [0.15, 0.2) is 174 Å². The van der Waals surface area contributed by atoms with Gasteiger partial charge in [0.15, 0.2) is 5.58 Å². The second kappa shape index (κ2) is 10.8. The van der Waals surface area contributed by atoms with Crippen molar-refractivity contribution in [3.05, 3.63) is 170 Å². The molecule has 0 fully saturated rings. The zero-order chi connectivity index (χ0) is 30.5. The van der Waals surface area contributed by atoms with Crippen LogP contribution in [0.25, 0.3) is 65.9 Å². The Kier molecular flexibility index (Phi) is 6.14. The van der Waals surface area contributed by atoms with E-state index in [1.165, 1.54) is 33.0 Å². The molecule has 9 rings (SSSR count). The monoisotopic (exact) mass is 588 g/mol. The topological polar surface area (TPSA) is 29.3 Å². The average molecular weight is 589 g/mol. The molecule has 216 valence electrons. The minimum Gasteiger partial charge on any atom is -0.454 e. The highest BCUT2D eigenvalue weighted by molar-refractivity contribution is 6.14. The molecule has 0 N–H and O–H groups in total. The standard InChI is InChI=1S/C43H28N2O/c1-2-7-29(8-3-1)31-14-20-36(21-15-31)45(37-22-16-32(17-23-37)35-13-12-30-9-4-5-10-34(30)27-35)38-24-18-33-19-25-39-42-41(11-6-26-44-42)46-43(39)40(33)28-38/h1-28H. The van der Waals surface area contributed by atoms with Gasteiger partial charge in [-0.15, -0.1) is 0 Å². The summed E-state index contributed by atoms with van der Waals surface area (Å²) in [5.41, 5.74) is 10.5. The van der Waals surface area contributed by atoms with E-state index in [0.29, 0.717) is 0 Å². The lowest BCUT2D eigenvalue weighted by molar-refractivity contribution is 0.672. The van der Waals surface area contributed by atoms with Crippen LogP contribution < -0.4 is 4.90 Å². The van der Waals surface area contributed by atoms with E-state index in [2.05, 4.69) is 162 Å². The lowest BCUT2D eigenvalue weighted by Crippen LogP contribution is -2.09. The third-order valence-corrected chi connectivity index (χ3v) is 8.89. The van der Waals surface area contributed by atoms with Gasteiger partial charge in [-0.25, -0.2) is 0 Å². The van der Waals surface area contributed by atoms with Gasteiger partial charge in [0.25, 0.3) is 0 Å². The fourth-order valence-corrected chi connectivity index (χ4v) is 6.55. The van der Waals surface area contributed by atoms with Crippen molar-refractivity contribution < 1.29 is 4.42 Å². The third-order valence-electron chi connectivity index (χ3n) is 8.89. The number of nitrogens with zero attached hydrogens (tertiary/aromatic N) is 2. The summed E-state index contributed by atoms with van der Waals surface area (Å²) in [6.07, 6.45) is 1.82.